The third-order valence-electron chi connectivity index (χ3n) is 7.31. The van der Waals surface area contributed by atoms with E-state index in [0.29, 0.717) is 17.3 Å². The molecule has 1 spiro atoms. The summed E-state index contributed by atoms with van der Waals surface area (Å²) in [4.78, 5) is 14.6. The lowest BCUT2D eigenvalue weighted by Crippen LogP contribution is -2.58. The SMILES string of the molecule is CCN1CC2(CCC(N3CCC(c4cnc(C(C)C)nc4)CC3)CC2)C1. The molecule has 26 heavy (non-hydrogen) atoms. The number of rotatable bonds is 4. The molecule has 1 aromatic heterocycles. The first-order chi connectivity index (χ1) is 12.6. The zero-order valence-electron chi connectivity index (χ0n) is 17.0. The molecule has 2 aliphatic heterocycles. The molecule has 4 rings (SSSR count). The van der Waals surface area contributed by atoms with Crippen LogP contribution in [-0.4, -0.2) is 58.5 Å². The van der Waals surface area contributed by atoms with Crippen LogP contribution in [0.4, 0.5) is 0 Å². The summed E-state index contributed by atoms with van der Waals surface area (Å²) in [7, 11) is 0. The summed E-state index contributed by atoms with van der Waals surface area (Å²) in [5, 5.41) is 0. The predicted molar refractivity (Wildman–Crippen MR) is 106 cm³/mol. The highest BCUT2D eigenvalue weighted by atomic mass is 15.2. The Hall–Kier alpha value is -1.00. The zero-order valence-corrected chi connectivity index (χ0v) is 17.0. The summed E-state index contributed by atoms with van der Waals surface area (Å²) in [5.41, 5.74) is 2.05. The molecule has 4 nitrogen and oxygen atoms in total. The number of aromatic nitrogens is 2. The number of likely N-dealkylation sites (tertiary alicyclic amines) is 2. The summed E-state index contributed by atoms with van der Waals surface area (Å²) in [5.74, 6) is 2.05. The van der Waals surface area contributed by atoms with Crippen LogP contribution in [0.1, 0.15) is 82.5 Å². The summed E-state index contributed by atoms with van der Waals surface area (Å²) in [6.07, 6.45) is 12.5. The molecule has 0 bridgehead atoms. The third kappa shape index (κ3) is 3.68. The molecule has 3 heterocycles. The van der Waals surface area contributed by atoms with Gasteiger partial charge in [-0.2, -0.15) is 0 Å². The first-order valence-corrected chi connectivity index (χ1v) is 10.9. The predicted octanol–water partition coefficient (Wildman–Crippen LogP) is 4.04. The fraction of sp³-hybridized carbons (Fsp3) is 0.818. The van der Waals surface area contributed by atoms with Gasteiger partial charge in [0.05, 0.1) is 0 Å². The Bertz CT molecular complexity index is 573. The zero-order chi connectivity index (χ0) is 18.1. The van der Waals surface area contributed by atoms with Crippen molar-refractivity contribution in [3.05, 3.63) is 23.8 Å². The standard InChI is InChI=1S/C22H36N4/c1-4-25-15-22(16-25)9-5-20(6-10-22)26-11-7-18(8-12-26)19-13-23-21(17(2)3)24-14-19/h13-14,17-18,20H,4-12,15-16H2,1-3H3. The van der Waals surface area contributed by atoms with Crippen LogP contribution < -0.4 is 0 Å². The van der Waals surface area contributed by atoms with E-state index in [1.54, 1.807) is 0 Å². The molecule has 4 heteroatoms. The van der Waals surface area contributed by atoms with Crippen molar-refractivity contribution >= 4 is 0 Å². The molecule has 1 aliphatic carbocycles. The second kappa shape index (κ2) is 7.55. The average Bonchev–Trinajstić information content (AvgIpc) is 2.66. The van der Waals surface area contributed by atoms with Crippen molar-refractivity contribution in [2.24, 2.45) is 5.41 Å². The van der Waals surface area contributed by atoms with Gasteiger partial charge in [0.15, 0.2) is 0 Å². The van der Waals surface area contributed by atoms with Crippen molar-refractivity contribution in [3.63, 3.8) is 0 Å². The molecule has 0 aromatic carbocycles. The van der Waals surface area contributed by atoms with Crippen LogP contribution in [0.2, 0.25) is 0 Å². The number of piperidine rings is 1. The van der Waals surface area contributed by atoms with Crippen LogP contribution in [0.15, 0.2) is 12.4 Å². The van der Waals surface area contributed by atoms with Gasteiger partial charge >= 0.3 is 0 Å². The van der Waals surface area contributed by atoms with E-state index in [1.165, 1.54) is 76.8 Å². The average molecular weight is 357 g/mol. The van der Waals surface area contributed by atoms with E-state index in [-0.39, 0.29) is 0 Å². The van der Waals surface area contributed by atoms with Gasteiger partial charge in [0, 0.05) is 37.4 Å². The molecule has 0 radical (unpaired) electrons. The molecule has 3 fully saturated rings. The van der Waals surface area contributed by atoms with E-state index in [4.69, 9.17) is 0 Å². The number of hydrogen-bond acceptors (Lipinski definition) is 4. The Kier molecular flexibility index (Phi) is 5.34. The number of nitrogens with zero attached hydrogens (tertiary/aromatic N) is 4. The third-order valence-corrected chi connectivity index (χ3v) is 7.31. The fourth-order valence-corrected chi connectivity index (χ4v) is 5.48. The lowest BCUT2D eigenvalue weighted by molar-refractivity contribution is -0.0444. The highest BCUT2D eigenvalue weighted by molar-refractivity contribution is 5.14. The molecule has 0 unspecified atom stereocenters. The minimum Gasteiger partial charge on any atom is -0.302 e. The van der Waals surface area contributed by atoms with Gasteiger partial charge in [-0.15, -0.1) is 0 Å². The molecule has 144 valence electrons. The van der Waals surface area contributed by atoms with E-state index >= 15 is 0 Å². The van der Waals surface area contributed by atoms with Crippen molar-refractivity contribution in [1.82, 2.24) is 19.8 Å². The van der Waals surface area contributed by atoms with Crippen molar-refractivity contribution in [1.29, 1.82) is 0 Å². The molecule has 1 saturated carbocycles. The normalized spacial score (nSPS) is 25.7. The van der Waals surface area contributed by atoms with E-state index in [0.717, 1.165) is 11.9 Å². The summed E-state index contributed by atoms with van der Waals surface area (Å²) >= 11 is 0. The second-order valence-corrected chi connectivity index (χ2v) is 9.37. The summed E-state index contributed by atoms with van der Waals surface area (Å²) < 4.78 is 0. The largest absolute Gasteiger partial charge is 0.302 e. The van der Waals surface area contributed by atoms with Gasteiger partial charge in [0.2, 0.25) is 0 Å². The Balaban J connectivity index is 1.25. The van der Waals surface area contributed by atoms with E-state index < -0.39 is 0 Å². The minimum atomic E-state index is 0.417. The van der Waals surface area contributed by atoms with Gasteiger partial charge in [0.1, 0.15) is 5.82 Å². The molecule has 1 aromatic rings. The van der Waals surface area contributed by atoms with Crippen LogP contribution in [0.5, 0.6) is 0 Å². The highest BCUT2D eigenvalue weighted by Gasteiger charge is 2.45. The monoisotopic (exact) mass is 356 g/mol. The molecule has 0 N–H and O–H groups in total. The van der Waals surface area contributed by atoms with Crippen molar-refractivity contribution in [3.8, 4) is 0 Å². The Morgan fingerprint density at radius 2 is 1.65 bits per heavy atom. The van der Waals surface area contributed by atoms with Gasteiger partial charge in [-0.05, 0) is 75.1 Å². The van der Waals surface area contributed by atoms with Gasteiger partial charge < -0.3 is 9.80 Å². The minimum absolute atomic E-state index is 0.417. The molecular weight excluding hydrogens is 320 g/mol. The van der Waals surface area contributed by atoms with E-state index in [1.807, 2.05) is 0 Å². The van der Waals surface area contributed by atoms with Gasteiger partial charge in [0.25, 0.3) is 0 Å². The smallest absolute Gasteiger partial charge is 0.130 e. The van der Waals surface area contributed by atoms with Crippen molar-refractivity contribution < 1.29 is 0 Å². The Morgan fingerprint density at radius 1 is 1.04 bits per heavy atom. The molecular formula is C22H36N4. The van der Waals surface area contributed by atoms with Crippen LogP contribution >= 0.6 is 0 Å². The quantitative estimate of drug-likeness (QED) is 0.815. The van der Waals surface area contributed by atoms with E-state index in [9.17, 15) is 0 Å². The maximum absolute atomic E-state index is 4.58. The molecule has 0 atom stereocenters. The van der Waals surface area contributed by atoms with Crippen LogP contribution in [0.25, 0.3) is 0 Å². The van der Waals surface area contributed by atoms with Gasteiger partial charge in [-0.3, -0.25) is 0 Å². The maximum atomic E-state index is 4.58. The van der Waals surface area contributed by atoms with Crippen molar-refractivity contribution in [2.45, 2.75) is 77.2 Å². The maximum Gasteiger partial charge on any atom is 0.130 e. The van der Waals surface area contributed by atoms with E-state index in [2.05, 4.69) is 52.9 Å². The van der Waals surface area contributed by atoms with Gasteiger partial charge in [-0.25, -0.2) is 9.97 Å². The number of hydrogen-bond donors (Lipinski definition) is 0. The Morgan fingerprint density at radius 3 is 2.19 bits per heavy atom. The van der Waals surface area contributed by atoms with Crippen molar-refractivity contribution in [2.75, 3.05) is 32.7 Å². The van der Waals surface area contributed by atoms with Gasteiger partial charge in [-0.1, -0.05) is 20.8 Å². The molecule has 0 amide bonds. The van der Waals surface area contributed by atoms with Crippen LogP contribution in [0, 0.1) is 5.41 Å². The summed E-state index contributed by atoms with van der Waals surface area (Å²) in [6.45, 7) is 13.1. The van der Waals surface area contributed by atoms with Crippen LogP contribution in [-0.2, 0) is 0 Å². The lowest BCUT2D eigenvalue weighted by atomic mass is 9.67. The van der Waals surface area contributed by atoms with Crippen LogP contribution in [0.3, 0.4) is 0 Å². The second-order valence-electron chi connectivity index (χ2n) is 9.37. The fourth-order valence-electron chi connectivity index (χ4n) is 5.48. The molecule has 3 aliphatic rings. The highest BCUT2D eigenvalue weighted by Crippen LogP contribution is 2.45. The topological polar surface area (TPSA) is 32.3 Å². The lowest BCUT2D eigenvalue weighted by Gasteiger charge is -2.54. The first kappa shape index (κ1) is 18.4. The summed E-state index contributed by atoms with van der Waals surface area (Å²) in [6, 6.07) is 0.844. The molecule has 2 saturated heterocycles. The Labute approximate surface area is 159 Å². The first-order valence-electron chi connectivity index (χ1n) is 10.9.